The molecule has 0 radical (unpaired) electrons. The maximum atomic E-state index is 12.5. The van der Waals surface area contributed by atoms with E-state index in [1.165, 1.54) is 31.0 Å². The van der Waals surface area contributed by atoms with E-state index in [0.717, 1.165) is 17.0 Å². The van der Waals surface area contributed by atoms with Crippen LogP contribution in [0.25, 0.3) is 0 Å². The first-order valence-electron chi connectivity index (χ1n) is 7.02. The van der Waals surface area contributed by atoms with Gasteiger partial charge in [0, 0.05) is 10.6 Å². The molecular weight excluding hydrogens is 372 g/mol. The Morgan fingerprint density at radius 2 is 1.80 bits per heavy atom. The number of hydrogen-bond donors (Lipinski definition) is 1. The minimum atomic E-state index is -4.64. The number of carbonyl (C=O) groups excluding carboxylic acids is 1. The molecule has 134 valence electrons. The Morgan fingerprint density at radius 1 is 1.16 bits per heavy atom. The molecule has 0 heterocycles. The van der Waals surface area contributed by atoms with Crippen LogP contribution in [0.15, 0.2) is 58.3 Å². The number of ether oxygens (including phenoxy) is 1. The highest BCUT2D eigenvalue weighted by Gasteiger charge is 2.26. The first kappa shape index (κ1) is 19.2. The molecule has 0 aliphatic carbocycles. The number of nitrogens with one attached hydrogen (secondary N) is 1. The highest BCUT2D eigenvalue weighted by atomic mass is 32.2. The third-order valence-corrected chi connectivity index (χ3v) is 5.58. The van der Waals surface area contributed by atoms with Crippen molar-refractivity contribution in [2.24, 2.45) is 0 Å². The molecule has 0 unspecified atom stereocenters. The van der Waals surface area contributed by atoms with Gasteiger partial charge in [0.1, 0.15) is 5.75 Å². The maximum absolute atomic E-state index is 12.5. The Morgan fingerprint density at radius 3 is 2.40 bits per heavy atom. The van der Waals surface area contributed by atoms with Gasteiger partial charge in [0.15, 0.2) is 0 Å². The van der Waals surface area contributed by atoms with E-state index >= 15 is 0 Å². The van der Waals surface area contributed by atoms with Crippen LogP contribution in [0.5, 0.6) is 5.75 Å². The number of alkyl halides is 2. The normalized spacial score (nSPS) is 11.4. The first-order valence-corrected chi connectivity index (χ1v) is 9.55. The Bertz CT molecular complexity index is 839. The summed E-state index contributed by atoms with van der Waals surface area (Å²) in [5, 5.41) is 2.57. The van der Waals surface area contributed by atoms with E-state index in [4.69, 9.17) is 4.74 Å². The smallest absolute Gasteiger partial charge is 0.341 e. The van der Waals surface area contributed by atoms with Gasteiger partial charge >= 0.3 is 5.76 Å². The number of sulfone groups is 1. The molecule has 1 amide bonds. The first-order chi connectivity index (χ1) is 11.8. The van der Waals surface area contributed by atoms with Crippen LogP contribution in [0, 0.1) is 0 Å². The predicted molar refractivity (Wildman–Crippen MR) is 92.0 cm³/mol. The number of rotatable bonds is 7. The van der Waals surface area contributed by atoms with Gasteiger partial charge < -0.3 is 10.1 Å². The molecule has 5 nitrogen and oxygen atoms in total. The summed E-state index contributed by atoms with van der Waals surface area (Å²) in [5.74, 6) is -3.04. The zero-order chi connectivity index (χ0) is 18.4. The lowest BCUT2D eigenvalue weighted by molar-refractivity contribution is -0.113. The van der Waals surface area contributed by atoms with Crippen LogP contribution >= 0.6 is 11.8 Å². The summed E-state index contributed by atoms with van der Waals surface area (Å²) in [6, 6.07) is 11.8. The van der Waals surface area contributed by atoms with Crippen molar-refractivity contribution in [3.05, 3.63) is 48.5 Å². The van der Waals surface area contributed by atoms with Crippen molar-refractivity contribution in [3.63, 3.8) is 0 Å². The van der Waals surface area contributed by atoms with Crippen LogP contribution in [0.4, 0.5) is 14.5 Å². The van der Waals surface area contributed by atoms with Crippen LogP contribution in [0.2, 0.25) is 0 Å². The molecule has 0 bridgehead atoms. The molecule has 0 atom stereocenters. The third-order valence-electron chi connectivity index (χ3n) is 3.13. The predicted octanol–water partition coefficient (Wildman–Crippen LogP) is 3.42. The average molecular weight is 387 g/mol. The largest absolute Gasteiger partial charge is 0.496 e. The molecule has 0 aliphatic rings. The molecule has 0 aromatic heterocycles. The number of amides is 1. The van der Waals surface area contributed by atoms with Crippen LogP contribution in [-0.2, 0) is 14.6 Å². The fourth-order valence-electron chi connectivity index (χ4n) is 1.91. The van der Waals surface area contributed by atoms with E-state index in [1.807, 2.05) is 18.2 Å². The quantitative estimate of drug-likeness (QED) is 0.737. The Balaban J connectivity index is 1.97. The number of halogens is 2. The summed E-state index contributed by atoms with van der Waals surface area (Å²) in [6.07, 6.45) is 0. The number of carbonyl (C=O) groups is 1. The molecule has 0 aliphatic heterocycles. The van der Waals surface area contributed by atoms with E-state index < -0.39 is 20.5 Å². The summed E-state index contributed by atoms with van der Waals surface area (Å²) < 4.78 is 52.8. The van der Waals surface area contributed by atoms with Crippen LogP contribution in [0.1, 0.15) is 0 Å². The van der Waals surface area contributed by atoms with Gasteiger partial charge in [-0.05, 0) is 36.4 Å². The minimum Gasteiger partial charge on any atom is -0.496 e. The molecule has 0 fully saturated rings. The Labute approximate surface area is 148 Å². The summed E-state index contributed by atoms with van der Waals surface area (Å²) in [6.45, 7) is 0. The summed E-state index contributed by atoms with van der Waals surface area (Å²) >= 11 is 1.28. The van der Waals surface area contributed by atoms with Crippen molar-refractivity contribution in [2.75, 3.05) is 18.2 Å². The molecule has 2 aromatic carbocycles. The van der Waals surface area contributed by atoms with E-state index in [-0.39, 0.29) is 11.7 Å². The maximum Gasteiger partial charge on any atom is 0.341 e. The van der Waals surface area contributed by atoms with Gasteiger partial charge in [-0.1, -0.05) is 12.1 Å². The number of benzene rings is 2. The SMILES string of the molecule is COc1ccccc1SCC(=O)Nc1ccc(S(=O)(=O)C(F)F)cc1. The van der Waals surface area contributed by atoms with Gasteiger partial charge in [-0.15, -0.1) is 11.8 Å². The van der Waals surface area contributed by atoms with Crippen molar-refractivity contribution in [3.8, 4) is 5.75 Å². The fourth-order valence-corrected chi connectivity index (χ4v) is 3.46. The summed E-state index contributed by atoms with van der Waals surface area (Å²) in [5.41, 5.74) is 0.318. The number of methoxy groups -OCH3 is 1. The van der Waals surface area contributed by atoms with Gasteiger partial charge in [-0.25, -0.2) is 8.42 Å². The molecule has 1 N–H and O–H groups in total. The van der Waals surface area contributed by atoms with Gasteiger partial charge in [0.25, 0.3) is 0 Å². The topological polar surface area (TPSA) is 72.5 Å². The molecule has 0 saturated carbocycles. The molecular formula is C16H15F2NO4S2. The number of hydrogen-bond acceptors (Lipinski definition) is 5. The van der Waals surface area contributed by atoms with Crippen molar-refractivity contribution in [1.29, 1.82) is 0 Å². The molecule has 0 saturated heterocycles. The van der Waals surface area contributed by atoms with E-state index in [2.05, 4.69) is 5.32 Å². The second kappa shape index (κ2) is 8.30. The van der Waals surface area contributed by atoms with Crippen LogP contribution in [0.3, 0.4) is 0 Å². The highest BCUT2D eigenvalue weighted by molar-refractivity contribution is 8.00. The highest BCUT2D eigenvalue weighted by Crippen LogP contribution is 2.28. The van der Waals surface area contributed by atoms with E-state index in [1.54, 1.807) is 6.07 Å². The zero-order valence-electron chi connectivity index (χ0n) is 13.1. The summed E-state index contributed by atoms with van der Waals surface area (Å²) in [7, 11) is -3.10. The van der Waals surface area contributed by atoms with Crippen LogP contribution in [-0.4, -0.2) is 32.9 Å². The van der Waals surface area contributed by atoms with Crippen molar-refractivity contribution < 1.29 is 26.7 Å². The standard InChI is InChI=1S/C16H15F2NO4S2/c1-23-13-4-2-3-5-14(13)24-10-15(20)19-11-6-8-12(9-7-11)25(21,22)16(17)18/h2-9,16H,10H2,1H3,(H,19,20). The second-order valence-electron chi connectivity index (χ2n) is 4.82. The molecule has 0 spiro atoms. The van der Waals surface area contributed by atoms with Gasteiger partial charge in [-0.2, -0.15) is 8.78 Å². The fraction of sp³-hybridized carbons (Fsp3) is 0.188. The zero-order valence-corrected chi connectivity index (χ0v) is 14.7. The number of anilines is 1. The lowest BCUT2D eigenvalue weighted by Crippen LogP contribution is -2.15. The minimum absolute atomic E-state index is 0.109. The lowest BCUT2D eigenvalue weighted by Gasteiger charge is -2.09. The van der Waals surface area contributed by atoms with E-state index in [0.29, 0.717) is 11.4 Å². The van der Waals surface area contributed by atoms with Gasteiger partial charge in [0.2, 0.25) is 15.7 Å². The summed E-state index contributed by atoms with van der Waals surface area (Å²) in [4.78, 5) is 12.3. The number of para-hydroxylation sites is 1. The van der Waals surface area contributed by atoms with Crippen molar-refractivity contribution >= 4 is 33.2 Å². The average Bonchev–Trinajstić information content (AvgIpc) is 2.60. The lowest BCUT2D eigenvalue weighted by atomic mass is 10.3. The van der Waals surface area contributed by atoms with E-state index in [9.17, 15) is 22.0 Å². The Kier molecular flexibility index (Phi) is 6.38. The van der Waals surface area contributed by atoms with Gasteiger partial charge in [0.05, 0.1) is 17.8 Å². The number of thioether (sulfide) groups is 1. The van der Waals surface area contributed by atoms with Crippen molar-refractivity contribution in [2.45, 2.75) is 15.5 Å². The Hall–Kier alpha value is -2.13. The molecule has 2 rings (SSSR count). The molecule has 25 heavy (non-hydrogen) atoms. The molecule has 2 aromatic rings. The van der Waals surface area contributed by atoms with Gasteiger partial charge in [-0.3, -0.25) is 4.79 Å². The second-order valence-corrected chi connectivity index (χ2v) is 7.75. The van der Waals surface area contributed by atoms with Crippen molar-refractivity contribution in [1.82, 2.24) is 0 Å². The monoisotopic (exact) mass is 387 g/mol. The molecule has 9 heteroatoms. The van der Waals surface area contributed by atoms with Crippen LogP contribution < -0.4 is 10.1 Å². The third kappa shape index (κ3) is 4.93.